The van der Waals surface area contributed by atoms with E-state index in [9.17, 15) is 4.79 Å². The number of rotatable bonds is 7. The average molecular weight is 285 g/mol. The first-order valence-corrected chi connectivity index (χ1v) is 6.64. The van der Waals surface area contributed by atoms with E-state index in [1.54, 1.807) is 13.1 Å². The maximum absolute atomic E-state index is 11.1. The zero-order valence-corrected chi connectivity index (χ0v) is 12.4. The van der Waals surface area contributed by atoms with Crippen molar-refractivity contribution in [1.82, 2.24) is 9.88 Å². The van der Waals surface area contributed by atoms with E-state index in [2.05, 4.69) is 24.1 Å². The topological polar surface area (TPSA) is 71.2 Å². The van der Waals surface area contributed by atoms with Gasteiger partial charge < -0.3 is 11.1 Å². The maximum atomic E-state index is 11.1. The molecular weight excluding hydrogens is 264 g/mol. The van der Waals surface area contributed by atoms with Gasteiger partial charge in [-0.1, -0.05) is 25.4 Å². The quantitative estimate of drug-likeness (QED) is 0.800. The molecule has 0 bridgehead atoms. The maximum Gasteiger partial charge on any atom is 0.231 e. The molecule has 1 rings (SSSR count). The van der Waals surface area contributed by atoms with Gasteiger partial charge in [-0.15, -0.1) is 0 Å². The number of nitrogens with zero attached hydrogens (tertiary/aromatic N) is 2. The van der Waals surface area contributed by atoms with Crippen LogP contribution in [0.1, 0.15) is 19.5 Å². The Hall–Kier alpha value is -1.33. The fraction of sp³-hybridized carbons (Fsp3) is 0.538. The Balaban J connectivity index is 2.85. The third-order valence-electron chi connectivity index (χ3n) is 2.55. The molecule has 0 radical (unpaired) electrons. The summed E-state index contributed by atoms with van der Waals surface area (Å²) in [5, 5.41) is 3.56. The molecule has 0 saturated carbocycles. The highest BCUT2D eigenvalue weighted by atomic mass is 35.5. The Morgan fingerprint density at radius 3 is 2.74 bits per heavy atom. The van der Waals surface area contributed by atoms with Gasteiger partial charge in [0.05, 0.1) is 17.3 Å². The van der Waals surface area contributed by atoms with Crippen molar-refractivity contribution in [1.29, 1.82) is 0 Å². The number of anilines is 1. The van der Waals surface area contributed by atoms with Crippen LogP contribution < -0.4 is 11.1 Å². The summed E-state index contributed by atoms with van der Waals surface area (Å²) in [6.07, 6.45) is 0. The van der Waals surface area contributed by atoms with Crippen LogP contribution in [0.2, 0.25) is 5.02 Å². The van der Waals surface area contributed by atoms with Crippen LogP contribution in [0.3, 0.4) is 0 Å². The first-order chi connectivity index (χ1) is 8.92. The minimum Gasteiger partial charge on any atom is -0.373 e. The summed E-state index contributed by atoms with van der Waals surface area (Å²) >= 11 is 6.14. The molecule has 0 fully saturated rings. The normalized spacial score (nSPS) is 11.1. The Morgan fingerprint density at radius 2 is 2.21 bits per heavy atom. The molecule has 5 nitrogen and oxygen atoms in total. The average Bonchev–Trinajstić information content (AvgIpc) is 2.30. The Labute approximate surface area is 119 Å². The number of halogens is 1. The van der Waals surface area contributed by atoms with E-state index in [1.165, 1.54) is 0 Å². The van der Waals surface area contributed by atoms with Crippen molar-refractivity contribution >= 4 is 23.3 Å². The van der Waals surface area contributed by atoms with E-state index in [4.69, 9.17) is 17.3 Å². The minimum absolute atomic E-state index is 0.208. The second-order valence-electron chi connectivity index (χ2n) is 4.90. The first-order valence-electron chi connectivity index (χ1n) is 6.26. The van der Waals surface area contributed by atoms with Crippen LogP contribution >= 0.6 is 11.6 Å². The lowest BCUT2D eigenvalue weighted by molar-refractivity contribution is -0.119. The fourth-order valence-electron chi connectivity index (χ4n) is 1.87. The number of carbonyl (C=O) groups excluding carboxylic acids is 1. The minimum atomic E-state index is -0.346. The summed E-state index contributed by atoms with van der Waals surface area (Å²) in [5.74, 6) is 0.843. The third kappa shape index (κ3) is 5.44. The van der Waals surface area contributed by atoms with Crippen LogP contribution in [0.4, 0.5) is 5.82 Å². The largest absolute Gasteiger partial charge is 0.373 e. The molecule has 0 aromatic carbocycles. The van der Waals surface area contributed by atoms with Gasteiger partial charge in [-0.05, 0) is 18.1 Å². The van der Waals surface area contributed by atoms with Gasteiger partial charge in [0.1, 0.15) is 5.82 Å². The summed E-state index contributed by atoms with van der Waals surface area (Å²) in [5.41, 5.74) is 6.02. The van der Waals surface area contributed by atoms with Crippen LogP contribution in [0, 0.1) is 5.92 Å². The van der Waals surface area contributed by atoms with Crippen molar-refractivity contribution in [3.63, 3.8) is 0 Å². The summed E-state index contributed by atoms with van der Waals surface area (Å²) < 4.78 is 0. The van der Waals surface area contributed by atoms with E-state index in [0.717, 1.165) is 18.1 Å². The lowest BCUT2D eigenvalue weighted by atomic mass is 10.2. The number of amides is 1. The number of aromatic nitrogens is 1. The van der Waals surface area contributed by atoms with E-state index in [1.807, 2.05) is 11.0 Å². The molecule has 0 saturated heterocycles. The number of primary amides is 1. The van der Waals surface area contributed by atoms with E-state index in [-0.39, 0.29) is 12.5 Å². The van der Waals surface area contributed by atoms with Crippen molar-refractivity contribution in [2.75, 3.05) is 25.5 Å². The van der Waals surface area contributed by atoms with Gasteiger partial charge in [-0.3, -0.25) is 9.69 Å². The molecule has 6 heteroatoms. The molecule has 0 unspecified atom stereocenters. The monoisotopic (exact) mass is 284 g/mol. The van der Waals surface area contributed by atoms with Crippen LogP contribution in [-0.2, 0) is 11.3 Å². The highest BCUT2D eigenvalue weighted by Crippen LogP contribution is 2.18. The van der Waals surface area contributed by atoms with Gasteiger partial charge in [0.25, 0.3) is 0 Å². The molecular formula is C13H21ClN4O. The third-order valence-corrected chi connectivity index (χ3v) is 2.90. The lowest BCUT2D eigenvalue weighted by Crippen LogP contribution is -2.36. The van der Waals surface area contributed by atoms with Crippen LogP contribution in [0.25, 0.3) is 0 Å². The van der Waals surface area contributed by atoms with Crippen molar-refractivity contribution in [3.8, 4) is 0 Å². The standard InChI is InChI=1S/C13H21ClN4O/c1-9(2)6-18(8-12(15)19)7-11-10(14)4-5-13(16-3)17-11/h4-5,9H,6-8H2,1-3H3,(H2,15,19)(H,16,17). The molecule has 1 amide bonds. The second-order valence-corrected chi connectivity index (χ2v) is 5.31. The molecule has 1 aromatic heterocycles. The van der Waals surface area contributed by atoms with Gasteiger partial charge >= 0.3 is 0 Å². The van der Waals surface area contributed by atoms with E-state index in [0.29, 0.717) is 17.5 Å². The second kappa shape index (κ2) is 7.31. The number of nitrogens with one attached hydrogen (secondary N) is 1. The van der Waals surface area contributed by atoms with Gasteiger partial charge in [0, 0.05) is 20.1 Å². The number of hydrogen-bond acceptors (Lipinski definition) is 4. The molecule has 3 N–H and O–H groups in total. The number of carbonyl (C=O) groups is 1. The van der Waals surface area contributed by atoms with Gasteiger partial charge in [0.15, 0.2) is 0 Å². The fourth-order valence-corrected chi connectivity index (χ4v) is 2.03. The number of hydrogen-bond donors (Lipinski definition) is 2. The molecule has 0 spiro atoms. The predicted molar refractivity (Wildman–Crippen MR) is 78.1 cm³/mol. The zero-order chi connectivity index (χ0) is 14.4. The van der Waals surface area contributed by atoms with Crippen LogP contribution in [-0.4, -0.2) is 35.9 Å². The highest BCUT2D eigenvalue weighted by Gasteiger charge is 2.14. The number of nitrogens with two attached hydrogens (primary N) is 1. The van der Waals surface area contributed by atoms with Crippen LogP contribution in [0.15, 0.2) is 12.1 Å². The van der Waals surface area contributed by atoms with Crippen molar-refractivity contribution in [2.45, 2.75) is 20.4 Å². The molecule has 1 heterocycles. The Bertz CT molecular complexity index is 437. The molecule has 0 atom stereocenters. The molecule has 0 aliphatic heterocycles. The Morgan fingerprint density at radius 1 is 1.53 bits per heavy atom. The van der Waals surface area contributed by atoms with E-state index < -0.39 is 0 Å². The number of pyridine rings is 1. The van der Waals surface area contributed by atoms with Gasteiger partial charge in [-0.2, -0.15) is 0 Å². The van der Waals surface area contributed by atoms with Gasteiger partial charge in [0.2, 0.25) is 5.91 Å². The Kier molecular flexibility index (Phi) is 6.05. The summed E-state index contributed by atoms with van der Waals surface area (Å²) in [6.45, 7) is 5.67. The summed E-state index contributed by atoms with van der Waals surface area (Å²) in [6, 6.07) is 3.61. The van der Waals surface area contributed by atoms with Crippen molar-refractivity contribution in [3.05, 3.63) is 22.8 Å². The van der Waals surface area contributed by atoms with Gasteiger partial charge in [-0.25, -0.2) is 4.98 Å². The molecule has 1 aromatic rings. The zero-order valence-electron chi connectivity index (χ0n) is 11.6. The molecule has 0 aliphatic rings. The van der Waals surface area contributed by atoms with Crippen molar-refractivity contribution in [2.24, 2.45) is 11.7 Å². The first kappa shape index (κ1) is 15.7. The smallest absolute Gasteiger partial charge is 0.231 e. The molecule has 0 aliphatic carbocycles. The van der Waals surface area contributed by atoms with Crippen LogP contribution in [0.5, 0.6) is 0 Å². The van der Waals surface area contributed by atoms with E-state index >= 15 is 0 Å². The SMILES string of the molecule is CNc1ccc(Cl)c(CN(CC(N)=O)CC(C)C)n1. The predicted octanol–water partition coefficient (Wildman–Crippen LogP) is 1.72. The van der Waals surface area contributed by atoms with Crippen molar-refractivity contribution < 1.29 is 4.79 Å². The molecule has 19 heavy (non-hydrogen) atoms. The highest BCUT2D eigenvalue weighted by molar-refractivity contribution is 6.31. The lowest BCUT2D eigenvalue weighted by Gasteiger charge is -2.23. The summed E-state index contributed by atoms with van der Waals surface area (Å²) in [4.78, 5) is 17.5. The summed E-state index contributed by atoms with van der Waals surface area (Å²) in [7, 11) is 1.80. The molecule has 106 valence electrons.